The lowest BCUT2D eigenvalue weighted by atomic mass is 10.2. The smallest absolute Gasteiger partial charge is 0.256 e. The first-order valence-corrected chi connectivity index (χ1v) is 5.08. The van der Waals surface area contributed by atoms with Gasteiger partial charge in [0.2, 0.25) is 5.95 Å². The topological polar surface area (TPSA) is 42.0 Å². The molecule has 0 aliphatic heterocycles. The van der Waals surface area contributed by atoms with Crippen molar-refractivity contribution in [3.63, 3.8) is 0 Å². The van der Waals surface area contributed by atoms with Crippen LogP contribution in [0.1, 0.15) is 23.2 Å². The van der Waals surface area contributed by atoms with Crippen molar-refractivity contribution in [2.24, 2.45) is 0 Å². The van der Waals surface area contributed by atoms with Crippen LogP contribution in [0.2, 0.25) is 0 Å². The zero-order chi connectivity index (χ0) is 10.1. The average Bonchev–Trinajstić information content (AvgIpc) is 2.93. The fourth-order valence-electron chi connectivity index (χ4n) is 1.07. The van der Waals surface area contributed by atoms with Crippen molar-refractivity contribution >= 4 is 21.8 Å². The summed E-state index contributed by atoms with van der Waals surface area (Å²) in [7, 11) is 0. The number of carbonyl (C=O) groups excluding carboxylic acids is 1. The van der Waals surface area contributed by atoms with E-state index in [9.17, 15) is 9.18 Å². The molecule has 0 aromatic carbocycles. The first-order chi connectivity index (χ1) is 6.66. The number of hydrogen-bond donors (Lipinski definition) is 1. The molecule has 3 nitrogen and oxygen atoms in total. The monoisotopic (exact) mass is 258 g/mol. The molecule has 1 aliphatic carbocycles. The van der Waals surface area contributed by atoms with E-state index in [0.717, 1.165) is 12.8 Å². The van der Waals surface area contributed by atoms with E-state index >= 15 is 0 Å². The number of aromatic nitrogens is 1. The second-order valence-corrected chi connectivity index (χ2v) is 4.16. The average molecular weight is 259 g/mol. The molecule has 0 saturated heterocycles. The third kappa shape index (κ3) is 2.09. The van der Waals surface area contributed by atoms with Crippen molar-refractivity contribution in [1.29, 1.82) is 0 Å². The summed E-state index contributed by atoms with van der Waals surface area (Å²) in [6.07, 6.45) is 3.28. The SMILES string of the molecule is O=C(NC1CC1)c1cc(Br)cnc1F. The van der Waals surface area contributed by atoms with Gasteiger partial charge in [0, 0.05) is 16.7 Å². The summed E-state index contributed by atoms with van der Waals surface area (Å²) in [5.41, 5.74) is -0.00808. The molecular weight excluding hydrogens is 251 g/mol. The van der Waals surface area contributed by atoms with Crippen molar-refractivity contribution in [2.45, 2.75) is 18.9 Å². The summed E-state index contributed by atoms with van der Waals surface area (Å²) in [6, 6.07) is 1.65. The van der Waals surface area contributed by atoms with E-state index in [1.165, 1.54) is 12.3 Å². The van der Waals surface area contributed by atoms with Crippen molar-refractivity contribution in [3.05, 3.63) is 28.2 Å². The highest BCUT2D eigenvalue weighted by molar-refractivity contribution is 9.10. The number of amides is 1. The molecule has 1 fully saturated rings. The second kappa shape index (κ2) is 3.65. The Bertz CT molecular complexity index is 379. The summed E-state index contributed by atoms with van der Waals surface area (Å²) in [4.78, 5) is 14.9. The van der Waals surface area contributed by atoms with Gasteiger partial charge in [-0.1, -0.05) is 0 Å². The minimum absolute atomic E-state index is 0.00808. The highest BCUT2D eigenvalue weighted by atomic mass is 79.9. The van der Waals surface area contributed by atoms with Gasteiger partial charge in [0.1, 0.15) is 0 Å². The zero-order valence-electron chi connectivity index (χ0n) is 7.26. The maximum Gasteiger partial charge on any atom is 0.256 e. The third-order valence-electron chi connectivity index (χ3n) is 1.96. The minimum Gasteiger partial charge on any atom is -0.349 e. The van der Waals surface area contributed by atoms with Gasteiger partial charge in [-0.15, -0.1) is 0 Å². The van der Waals surface area contributed by atoms with Gasteiger partial charge in [-0.3, -0.25) is 4.79 Å². The molecule has 0 spiro atoms. The molecule has 1 aliphatic rings. The van der Waals surface area contributed by atoms with Crippen molar-refractivity contribution in [3.8, 4) is 0 Å². The van der Waals surface area contributed by atoms with Crippen LogP contribution in [0, 0.1) is 5.95 Å². The molecule has 1 aromatic rings. The molecule has 14 heavy (non-hydrogen) atoms. The maximum atomic E-state index is 13.1. The van der Waals surface area contributed by atoms with E-state index in [4.69, 9.17) is 0 Å². The fourth-order valence-corrected chi connectivity index (χ4v) is 1.40. The fraction of sp³-hybridized carbons (Fsp3) is 0.333. The first-order valence-electron chi connectivity index (χ1n) is 4.29. The standard InChI is InChI=1S/C9H8BrFN2O/c10-5-3-7(8(11)12-4-5)9(14)13-6-1-2-6/h3-4,6H,1-2H2,(H,13,14). The van der Waals surface area contributed by atoms with Gasteiger partial charge in [-0.05, 0) is 34.8 Å². The normalized spacial score (nSPS) is 15.3. The Balaban J connectivity index is 2.20. The van der Waals surface area contributed by atoms with Crippen LogP contribution in [0.5, 0.6) is 0 Å². The van der Waals surface area contributed by atoms with Crippen molar-refractivity contribution in [1.82, 2.24) is 10.3 Å². The predicted molar refractivity (Wildman–Crippen MR) is 52.4 cm³/mol. The minimum atomic E-state index is -0.730. The number of pyridine rings is 1. The van der Waals surface area contributed by atoms with Gasteiger partial charge < -0.3 is 5.32 Å². The van der Waals surface area contributed by atoms with Gasteiger partial charge in [0.15, 0.2) is 0 Å². The zero-order valence-corrected chi connectivity index (χ0v) is 8.84. The lowest BCUT2D eigenvalue weighted by molar-refractivity contribution is 0.0946. The number of carbonyl (C=O) groups is 1. The van der Waals surface area contributed by atoms with Gasteiger partial charge in [-0.25, -0.2) is 4.98 Å². The Kier molecular flexibility index (Phi) is 2.50. The highest BCUT2D eigenvalue weighted by Gasteiger charge is 2.25. The summed E-state index contributed by atoms with van der Waals surface area (Å²) in [6.45, 7) is 0. The number of halogens is 2. The molecular formula is C9H8BrFN2O. The molecule has 74 valence electrons. The van der Waals surface area contributed by atoms with Crippen LogP contribution in [-0.4, -0.2) is 16.9 Å². The van der Waals surface area contributed by atoms with Crippen LogP contribution in [0.25, 0.3) is 0 Å². The predicted octanol–water partition coefficient (Wildman–Crippen LogP) is 1.88. The van der Waals surface area contributed by atoms with Gasteiger partial charge in [-0.2, -0.15) is 4.39 Å². The Hall–Kier alpha value is -0.970. The molecule has 1 saturated carbocycles. The van der Waals surface area contributed by atoms with E-state index < -0.39 is 5.95 Å². The van der Waals surface area contributed by atoms with Crippen LogP contribution in [0.3, 0.4) is 0 Å². The van der Waals surface area contributed by atoms with Crippen molar-refractivity contribution < 1.29 is 9.18 Å². The maximum absolute atomic E-state index is 13.1. The summed E-state index contributed by atoms with van der Waals surface area (Å²) in [5, 5.41) is 2.70. The summed E-state index contributed by atoms with van der Waals surface area (Å²) in [5.74, 6) is -1.12. The molecule has 0 bridgehead atoms. The number of nitrogens with zero attached hydrogens (tertiary/aromatic N) is 1. The lowest BCUT2D eigenvalue weighted by Gasteiger charge is -2.03. The van der Waals surface area contributed by atoms with Gasteiger partial charge in [0.25, 0.3) is 5.91 Å². The van der Waals surface area contributed by atoms with Crippen LogP contribution in [0.4, 0.5) is 4.39 Å². The van der Waals surface area contributed by atoms with Crippen LogP contribution in [-0.2, 0) is 0 Å². The lowest BCUT2D eigenvalue weighted by Crippen LogP contribution is -2.26. The number of rotatable bonds is 2. The molecule has 0 unspecified atom stereocenters. The molecule has 1 amide bonds. The van der Waals surface area contributed by atoms with E-state index in [1.807, 2.05) is 0 Å². The quantitative estimate of drug-likeness (QED) is 0.824. The molecule has 1 heterocycles. The number of hydrogen-bond acceptors (Lipinski definition) is 2. The molecule has 1 N–H and O–H groups in total. The summed E-state index contributed by atoms with van der Waals surface area (Å²) < 4.78 is 13.7. The first kappa shape index (κ1) is 9.58. The highest BCUT2D eigenvalue weighted by Crippen LogP contribution is 2.20. The van der Waals surface area contributed by atoms with E-state index in [1.54, 1.807) is 0 Å². The van der Waals surface area contributed by atoms with E-state index in [2.05, 4.69) is 26.2 Å². The molecule has 5 heteroatoms. The van der Waals surface area contributed by atoms with Crippen molar-refractivity contribution in [2.75, 3.05) is 0 Å². The molecule has 1 aromatic heterocycles. The van der Waals surface area contributed by atoms with Crippen LogP contribution < -0.4 is 5.32 Å². The van der Waals surface area contributed by atoms with E-state index in [0.29, 0.717) is 4.47 Å². The Labute approximate surface area is 88.8 Å². The van der Waals surface area contributed by atoms with Gasteiger partial charge in [0.05, 0.1) is 5.56 Å². The van der Waals surface area contributed by atoms with E-state index in [-0.39, 0.29) is 17.5 Å². The molecule has 0 radical (unpaired) electrons. The van der Waals surface area contributed by atoms with Gasteiger partial charge >= 0.3 is 0 Å². The third-order valence-corrected chi connectivity index (χ3v) is 2.40. The van der Waals surface area contributed by atoms with Crippen LogP contribution in [0.15, 0.2) is 16.7 Å². The Morgan fingerprint density at radius 3 is 3.00 bits per heavy atom. The molecule has 2 rings (SSSR count). The van der Waals surface area contributed by atoms with Crippen LogP contribution >= 0.6 is 15.9 Å². The Morgan fingerprint density at radius 2 is 2.36 bits per heavy atom. The number of nitrogens with one attached hydrogen (secondary N) is 1. The summed E-state index contributed by atoms with van der Waals surface area (Å²) >= 11 is 3.14. The largest absolute Gasteiger partial charge is 0.349 e. The molecule has 0 atom stereocenters. The Morgan fingerprint density at radius 1 is 1.64 bits per heavy atom. The second-order valence-electron chi connectivity index (χ2n) is 3.24.